The van der Waals surface area contributed by atoms with Crippen LogP contribution in [0.4, 0.5) is 4.39 Å². The molecule has 15 heavy (non-hydrogen) atoms. The number of rotatable bonds is 2. The average molecular weight is 248 g/mol. The lowest BCUT2D eigenvalue weighted by atomic mass is 10.2. The summed E-state index contributed by atoms with van der Waals surface area (Å²) in [6, 6.07) is 3.79. The molecule has 0 saturated heterocycles. The van der Waals surface area contributed by atoms with Crippen LogP contribution in [0.5, 0.6) is 0 Å². The monoisotopic (exact) mass is 248 g/mol. The second kappa shape index (κ2) is 4.19. The van der Waals surface area contributed by atoms with Gasteiger partial charge in [-0.3, -0.25) is 9.52 Å². The van der Waals surface area contributed by atoms with E-state index in [0.717, 1.165) is 18.4 Å². The molecule has 0 bridgehead atoms. The van der Waals surface area contributed by atoms with Crippen LogP contribution < -0.4 is 4.72 Å². The van der Waals surface area contributed by atoms with Gasteiger partial charge in [-0.05, 0) is 12.1 Å². The molecule has 7 heteroatoms. The summed E-state index contributed by atoms with van der Waals surface area (Å²) in [6.45, 7) is 0. The molecule has 1 radical (unpaired) electrons. The zero-order valence-corrected chi connectivity index (χ0v) is 9.32. The fourth-order valence-corrected chi connectivity index (χ4v) is 1.94. The number of carbonyl (C=O) groups excluding carboxylic acids is 1. The highest BCUT2D eigenvalue weighted by atomic mass is 32.2. The molecule has 0 saturated carbocycles. The minimum atomic E-state index is -3.60. The van der Waals surface area contributed by atoms with Crippen LogP contribution in [0, 0.1) is 11.9 Å². The predicted molar refractivity (Wildman–Crippen MR) is 54.8 cm³/mol. The fourth-order valence-electron chi connectivity index (χ4n) is 0.996. The van der Waals surface area contributed by atoms with Crippen LogP contribution in [0.1, 0.15) is 10.4 Å². The first-order chi connectivity index (χ1) is 6.86. The minimum absolute atomic E-state index is 0.282. The van der Waals surface area contributed by atoms with Crippen molar-refractivity contribution >= 4 is 28.6 Å². The maximum Gasteiger partial charge on any atom is 0.262 e. The normalized spacial score (nSPS) is 11.1. The molecule has 0 aromatic heterocycles. The van der Waals surface area contributed by atoms with Gasteiger partial charge in [-0.15, -0.1) is 0 Å². The Hall–Kier alpha value is -1.08. The number of amides is 1. The van der Waals surface area contributed by atoms with Gasteiger partial charge in [0.1, 0.15) is 5.82 Å². The van der Waals surface area contributed by atoms with Gasteiger partial charge in [0.15, 0.2) is 9.84 Å². The molecule has 0 atom stereocenters. The Labute approximate surface area is 92.0 Å². The van der Waals surface area contributed by atoms with Gasteiger partial charge in [0.2, 0.25) is 0 Å². The zero-order chi connectivity index (χ0) is 11.6. The molecule has 0 aliphatic rings. The molecular formula is C8H7FNO3S2. The van der Waals surface area contributed by atoms with Gasteiger partial charge in [0, 0.05) is 12.3 Å². The van der Waals surface area contributed by atoms with Gasteiger partial charge >= 0.3 is 0 Å². The van der Waals surface area contributed by atoms with E-state index in [-0.39, 0.29) is 10.5 Å². The Morgan fingerprint density at radius 2 is 2.20 bits per heavy atom. The molecule has 1 amide bonds. The first-order valence-electron chi connectivity index (χ1n) is 3.72. The van der Waals surface area contributed by atoms with Gasteiger partial charge in [0.25, 0.3) is 5.91 Å². The Balaban J connectivity index is 3.47. The Morgan fingerprint density at radius 1 is 1.60 bits per heavy atom. The van der Waals surface area contributed by atoms with Crippen molar-refractivity contribution in [2.45, 2.75) is 4.90 Å². The highest BCUT2D eigenvalue weighted by Crippen LogP contribution is 2.16. The third-order valence-electron chi connectivity index (χ3n) is 1.62. The average Bonchev–Trinajstić information content (AvgIpc) is 2.14. The molecule has 0 heterocycles. The lowest BCUT2D eigenvalue weighted by Gasteiger charge is -2.05. The summed E-state index contributed by atoms with van der Waals surface area (Å²) in [5.41, 5.74) is -0.288. The molecule has 0 unspecified atom stereocenters. The van der Waals surface area contributed by atoms with Crippen molar-refractivity contribution in [3.8, 4) is 0 Å². The van der Waals surface area contributed by atoms with Crippen LogP contribution in [0.15, 0.2) is 17.0 Å². The molecule has 1 aromatic rings. The van der Waals surface area contributed by atoms with Crippen LogP contribution in [0.25, 0.3) is 0 Å². The number of nitrogens with one attached hydrogen (secondary N) is 1. The fraction of sp³-hybridized carbons (Fsp3) is 0.125. The van der Waals surface area contributed by atoms with Crippen LogP contribution in [-0.4, -0.2) is 20.6 Å². The van der Waals surface area contributed by atoms with Crippen molar-refractivity contribution in [1.82, 2.24) is 4.72 Å². The highest BCUT2D eigenvalue weighted by Gasteiger charge is 2.18. The van der Waals surface area contributed by atoms with E-state index >= 15 is 0 Å². The summed E-state index contributed by atoms with van der Waals surface area (Å²) >= 11 is 3.48. The smallest absolute Gasteiger partial charge is 0.262 e. The lowest BCUT2D eigenvalue weighted by molar-refractivity contribution is 0.0981. The Bertz CT molecular complexity index is 499. The van der Waals surface area contributed by atoms with E-state index in [1.807, 2.05) is 4.72 Å². The van der Waals surface area contributed by atoms with E-state index in [0.29, 0.717) is 0 Å². The van der Waals surface area contributed by atoms with Crippen molar-refractivity contribution in [3.05, 3.63) is 29.6 Å². The number of hydrogen-bond acceptors (Lipinski definition) is 4. The number of halogens is 1. The maximum atomic E-state index is 12.8. The second-order valence-electron chi connectivity index (χ2n) is 2.77. The molecule has 4 nitrogen and oxygen atoms in total. The summed E-state index contributed by atoms with van der Waals surface area (Å²) in [7, 11) is -3.60. The number of sulfone groups is 1. The van der Waals surface area contributed by atoms with Crippen LogP contribution >= 0.6 is 12.8 Å². The maximum absolute atomic E-state index is 12.8. The van der Waals surface area contributed by atoms with Gasteiger partial charge < -0.3 is 0 Å². The third kappa shape index (κ3) is 2.69. The quantitative estimate of drug-likeness (QED) is 0.595. The molecule has 1 N–H and O–H groups in total. The highest BCUT2D eigenvalue weighted by molar-refractivity contribution is 7.90. The summed E-state index contributed by atoms with van der Waals surface area (Å²) in [5, 5.41) is 0. The van der Waals surface area contributed by atoms with Crippen LogP contribution in [-0.2, 0) is 9.84 Å². The van der Waals surface area contributed by atoms with E-state index in [1.165, 1.54) is 0 Å². The molecule has 1 rings (SSSR count). The van der Waals surface area contributed by atoms with Crippen molar-refractivity contribution < 1.29 is 17.6 Å². The number of thiol groups is 1. The minimum Gasteiger partial charge on any atom is -0.299 e. The summed E-state index contributed by atoms with van der Waals surface area (Å²) in [6.07, 6.45) is 0.920. The summed E-state index contributed by atoms with van der Waals surface area (Å²) in [4.78, 5) is 10.9. The van der Waals surface area contributed by atoms with E-state index < -0.39 is 21.6 Å². The standard InChI is InChI=1S/C8H7FNO3S2/c1-15(12,13)7-3-2-5(9)4-6(7)8(11)10-14/h3-4,14H,1H3,(H,10,11). The predicted octanol–water partition coefficient (Wildman–Crippen LogP) is 0.604. The van der Waals surface area contributed by atoms with Crippen molar-refractivity contribution in [2.24, 2.45) is 0 Å². The van der Waals surface area contributed by atoms with Gasteiger partial charge in [-0.25, -0.2) is 12.8 Å². The molecule has 0 aliphatic carbocycles. The lowest BCUT2D eigenvalue weighted by Crippen LogP contribution is -2.17. The van der Waals surface area contributed by atoms with Gasteiger partial charge in [0.05, 0.1) is 10.5 Å². The topological polar surface area (TPSA) is 63.2 Å². The SMILES string of the molecule is CS(=O)(=O)c1c[c]c(F)cc1C(=O)NS. The van der Waals surface area contributed by atoms with Crippen molar-refractivity contribution in [3.63, 3.8) is 0 Å². The zero-order valence-electron chi connectivity index (χ0n) is 7.61. The van der Waals surface area contributed by atoms with Crippen LogP contribution in [0.3, 0.4) is 0 Å². The number of carbonyl (C=O) groups is 1. The first kappa shape index (κ1) is 12.0. The van der Waals surface area contributed by atoms with Crippen LogP contribution in [0.2, 0.25) is 0 Å². The van der Waals surface area contributed by atoms with Gasteiger partial charge in [-0.2, -0.15) is 0 Å². The Morgan fingerprint density at radius 3 is 2.67 bits per heavy atom. The van der Waals surface area contributed by atoms with Crippen molar-refractivity contribution in [2.75, 3.05) is 6.26 Å². The Kier molecular flexibility index (Phi) is 3.35. The molecule has 0 fully saturated rings. The summed E-state index contributed by atoms with van der Waals surface area (Å²) in [5.74, 6) is -1.60. The number of hydrogen-bond donors (Lipinski definition) is 2. The first-order valence-corrected chi connectivity index (χ1v) is 6.06. The molecular weight excluding hydrogens is 241 g/mol. The van der Waals surface area contributed by atoms with Gasteiger partial charge in [-0.1, -0.05) is 12.8 Å². The molecule has 0 spiro atoms. The van der Waals surface area contributed by atoms with E-state index in [2.05, 4.69) is 18.9 Å². The summed E-state index contributed by atoms with van der Waals surface area (Å²) < 4.78 is 37.2. The molecule has 0 aliphatic heterocycles. The van der Waals surface area contributed by atoms with E-state index in [9.17, 15) is 17.6 Å². The van der Waals surface area contributed by atoms with E-state index in [4.69, 9.17) is 0 Å². The molecule has 1 aromatic carbocycles. The van der Waals surface area contributed by atoms with Crippen molar-refractivity contribution in [1.29, 1.82) is 0 Å². The second-order valence-corrected chi connectivity index (χ2v) is 4.98. The third-order valence-corrected chi connectivity index (χ3v) is 2.96. The molecule has 81 valence electrons. The van der Waals surface area contributed by atoms with E-state index in [1.54, 1.807) is 0 Å². The largest absolute Gasteiger partial charge is 0.299 e. The number of benzene rings is 1.